The van der Waals surface area contributed by atoms with Crippen LogP contribution in [0.15, 0.2) is 18.2 Å². The monoisotopic (exact) mass is 273 g/mol. The molecule has 0 fully saturated rings. The van der Waals surface area contributed by atoms with Crippen molar-refractivity contribution in [2.24, 2.45) is 5.41 Å². The Kier molecular flexibility index (Phi) is 5.26. The predicted molar refractivity (Wildman–Crippen MR) is 88.2 cm³/mol. The summed E-state index contributed by atoms with van der Waals surface area (Å²) in [6.07, 6.45) is 7.69. The van der Waals surface area contributed by atoms with Crippen molar-refractivity contribution in [3.05, 3.63) is 34.9 Å². The zero-order valence-corrected chi connectivity index (χ0v) is 13.8. The van der Waals surface area contributed by atoms with Gasteiger partial charge in [0.05, 0.1) is 0 Å². The third-order valence-electron chi connectivity index (χ3n) is 4.23. The van der Waals surface area contributed by atoms with Gasteiger partial charge in [0.1, 0.15) is 0 Å². The quantitative estimate of drug-likeness (QED) is 0.792. The number of benzene rings is 1. The van der Waals surface area contributed by atoms with Crippen LogP contribution in [0.3, 0.4) is 0 Å². The van der Waals surface area contributed by atoms with Crippen molar-refractivity contribution < 1.29 is 0 Å². The first-order valence-electron chi connectivity index (χ1n) is 8.34. The predicted octanol–water partition coefficient (Wildman–Crippen LogP) is 5.04. The largest absolute Gasteiger partial charge is 0.310 e. The second kappa shape index (κ2) is 6.76. The highest BCUT2D eigenvalue weighted by molar-refractivity contribution is 5.35. The molecule has 112 valence electrons. The first-order chi connectivity index (χ1) is 9.49. The van der Waals surface area contributed by atoms with Crippen LogP contribution in [0, 0.1) is 5.41 Å². The normalized spacial score (nSPS) is 16.8. The minimum Gasteiger partial charge on any atom is -0.310 e. The first-order valence-corrected chi connectivity index (χ1v) is 8.34. The van der Waals surface area contributed by atoms with Crippen molar-refractivity contribution in [1.82, 2.24) is 5.32 Å². The molecular weight excluding hydrogens is 242 g/mol. The molecule has 1 heteroatoms. The number of rotatable bonds is 5. The minimum atomic E-state index is 0.362. The van der Waals surface area contributed by atoms with Crippen molar-refractivity contribution in [3.8, 4) is 0 Å². The van der Waals surface area contributed by atoms with Crippen LogP contribution >= 0.6 is 0 Å². The number of hydrogen-bond donors (Lipinski definition) is 1. The lowest BCUT2D eigenvalue weighted by Crippen LogP contribution is -2.26. The molecule has 1 unspecified atom stereocenters. The summed E-state index contributed by atoms with van der Waals surface area (Å²) in [5, 5.41) is 3.75. The van der Waals surface area contributed by atoms with Gasteiger partial charge in [-0.1, -0.05) is 45.9 Å². The smallest absolute Gasteiger partial charge is 0.0325 e. The standard InChI is InChI=1S/C19H31N/c1-5-12-20-18(14-19(2,3)4)17-11-10-15-8-6-7-9-16(15)13-17/h10-11,13,18,20H,5-9,12,14H2,1-4H3. The van der Waals surface area contributed by atoms with Gasteiger partial charge in [-0.3, -0.25) is 0 Å². The van der Waals surface area contributed by atoms with Crippen LogP contribution in [-0.4, -0.2) is 6.54 Å². The highest BCUT2D eigenvalue weighted by Crippen LogP contribution is 2.31. The summed E-state index contributed by atoms with van der Waals surface area (Å²) >= 11 is 0. The molecule has 1 nitrogen and oxygen atoms in total. The maximum Gasteiger partial charge on any atom is 0.0325 e. The fourth-order valence-corrected chi connectivity index (χ4v) is 3.21. The fraction of sp³-hybridized carbons (Fsp3) is 0.684. The molecule has 1 aromatic rings. The SMILES string of the molecule is CCCNC(CC(C)(C)C)c1ccc2c(c1)CCCC2. The van der Waals surface area contributed by atoms with E-state index in [0.29, 0.717) is 11.5 Å². The van der Waals surface area contributed by atoms with Crippen molar-refractivity contribution >= 4 is 0 Å². The molecule has 0 saturated carbocycles. The van der Waals surface area contributed by atoms with Crippen molar-refractivity contribution in [2.45, 2.75) is 72.3 Å². The molecule has 0 amide bonds. The lowest BCUT2D eigenvalue weighted by molar-refractivity contribution is 0.311. The fourth-order valence-electron chi connectivity index (χ4n) is 3.21. The number of nitrogens with one attached hydrogen (secondary N) is 1. The summed E-state index contributed by atoms with van der Waals surface area (Å²) in [6.45, 7) is 10.4. The highest BCUT2D eigenvalue weighted by atomic mass is 14.9. The van der Waals surface area contributed by atoms with Gasteiger partial charge >= 0.3 is 0 Å². The molecule has 1 aromatic carbocycles. The lowest BCUT2D eigenvalue weighted by Gasteiger charge is -2.28. The van der Waals surface area contributed by atoms with E-state index in [1.807, 2.05) is 0 Å². The Bertz CT molecular complexity index is 428. The summed E-state index contributed by atoms with van der Waals surface area (Å²) in [6, 6.07) is 7.73. The number of fused-ring (bicyclic) bond motifs is 1. The van der Waals surface area contributed by atoms with E-state index in [9.17, 15) is 0 Å². The van der Waals surface area contributed by atoms with Crippen LogP contribution in [0.2, 0.25) is 0 Å². The van der Waals surface area contributed by atoms with Gasteiger partial charge < -0.3 is 5.32 Å². The summed E-state index contributed by atoms with van der Waals surface area (Å²) in [5.41, 5.74) is 5.05. The van der Waals surface area contributed by atoms with Crippen LogP contribution in [-0.2, 0) is 12.8 Å². The van der Waals surface area contributed by atoms with Crippen LogP contribution < -0.4 is 5.32 Å². The molecule has 2 rings (SSSR count). The average Bonchev–Trinajstić information content (AvgIpc) is 2.41. The van der Waals surface area contributed by atoms with Crippen LogP contribution in [0.1, 0.15) is 76.1 Å². The van der Waals surface area contributed by atoms with Gasteiger partial charge in [0.2, 0.25) is 0 Å². The van der Waals surface area contributed by atoms with Crippen molar-refractivity contribution in [2.75, 3.05) is 6.54 Å². The van der Waals surface area contributed by atoms with E-state index in [1.165, 1.54) is 44.1 Å². The molecule has 20 heavy (non-hydrogen) atoms. The van der Waals surface area contributed by atoms with E-state index >= 15 is 0 Å². The minimum absolute atomic E-state index is 0.362. The molecule has 1 atom stereocenters. The Morgan fingerprint density at radius 3 is 2.45 bits per heavy atom. The average molecular weight is 273 g/mol. The van der Waals surface area contributed by atoms with Crippen LogP contribution in [0.5, 0.6) is 0 Å². The molecule has 0 bridgehead atoms. The molecular formula is C19H31N. The Morgan fingerprint density at radius 1 is 1.10 bits per heavy atom. The summed E-state index contributed by atoms with van der Waals surface area (Å²) < 4.78 is 0. The molecule has 1 aliphatic rings. The van der Waals surface area contributed by atoms with E-state index in [1.54, 1.807) is 11.1 Å². The molecule has 1 N–H and O–H groups in total. The van der Waals surface area contributed by atoms with Gasteiger partial charge in [0.15, 0.2) is 0 Å². The van der Waals surface area contributed by atoms with E-state index in [2.05, 4.69) is 51.2 Å². The molecule has 0 spiro atoms. The van der Waals surface area contributed by atoms with Gasteiger partial charge in [-0.25, -0.2) is 0 Å². The van der Waals surface area contributed by atoms with Gasteiger partial charge in [-0.05, 0) is 67.2 Å². The van der Waals surface area contributed by atoms with E-state index in [-0.39, 0.29) is 0 Å². The van der Waals surface area contributed by atoms with Gasteiger partial charge in [-0.2, -0.15) is 0 Å². The first kappa shape index (κ1) is 15.6. The maximum absolute atomic E-state index is 3.75. The van der Waals surface area contributed by atoms with Crippen LogP contribution in [0.4, 0.5) is 0 Å². The topological polar surface area (TPSA) is 12.0 Å². The lowest BCUT2D eigenvalue weighted by atomic mass is 9.83. The van der Waals surface area contributed by atoms with Gasteiger partial charge in [-0.15, -0.1) is 0 Å². The molecule has 0 heterocycles. The summed E-state index contributed by atoms with van der Waals surface area (Å²) in [5.74, 6) is 0. The summed E-state index contributed by atoms with van der Waals surface area (Å²) in [4.78, 5) is 0. The Balaban J connectivity index is 2.18. The number of hydrogen-bond acceptors (Lipinski definition) is 1. The van der Waals surface area contributed by atoms with Crippen LogP contribution in [0.25, 0.3) is 0 Å². The second-order valence-electron chi connectivity index (χ2n) is 7.51. The highest BCUT2D eigenvalue weighted by Gasteiger charge is 2.21. The van der Waals surface area contributed by atoms with E-state index in [0.717, 1.165) is 6.54 Å². The summed E-state index contributed by atoms with van der Waals surface area (Å²) in [7, 11) is 0. The van der Waals surface area contributed by atoms with Crippen molar-refractivity contribution in [3.63, 3.8) is 0 Å². The molecule has 1 aliphatic carbocycles. The molecule has 0 aromatic heterocycles. The molecule has 0 saturated heterocycles. The van der Waals surface area contributed by atoms with E-state index < -0.39 is 0 Å². The Hall–Kier alpha value is -0.820. The number of aryl methyl sites for hydroxylation is 2. The second-order valence-corrected chi connectivity index (χ2v) is 7.51. The molecule has 0 aliphatic heterocycles. The maximum atomic E-state index is 3.75. The van der Waals surface area contributed by atoms with E-state index in [4.69, 9.17) is 0 Å². The molecule has 0 radical (unpaired) electrons. The third kappa shape index (κ3) is 4.34. The Morgan fingerprint density at radius 2 is 1.80 bits per heavy atom. The zero-order valence-electron chi connectivity index (χ0n) is 13.8. The Labute approximate surface area is 125 Å². The van der Waals surface area contributed by atoms with Gasteiger partial charge in [0.25, 0.3) is 0 Å². The van der Waals surface area contributed by atoms with Gasteiger partial charge in [0, 0.05) is 6.04 Å². The third-order valence-corrected chi connectivity index (χ3v) is 4.23. The zero-order chi connectivity index (χ0) is 14.6. The van der Waals surface area contributed by atoms with Crippen molar-refractivity contribution in [1.29, 1.82) is 0 Å².